The van der Waals surface area contributed by atoms with Crippen LogP contribution in [0.1, 0.15) is 28.4 Å². The van der Waals surface area contributed by atoms with Crippen molar-refractivity contribution in [3.63, 3.8) is 0 Å². The fourth-order valence-electron chi connectivity index (χ4n) is 2.34. The monoisotopic (exact) mass is 362 g/mol. The lowest BCUT2D eigenvalue weighted by Gasteiger charge is -2.12. The molecule has 0 atom stereocenters. The van der Waals surface area contributed by atoms with Gasteiger partial charge in [0.15, 0.2) is 0 Å². The third-order valence-electron chi connectivity index (χ3n) is 3.50. The molecule has 0 heterocycles. The van der Waals surface area contributed by atoms with Crippen molar-refractivity contribution in [2.75, 3.05) is 17.6 Å². The molecule has 1 amide bonds. The summed E-state index contributed by atoms with van der Waals surface area (Å²) in [5, 5.41) is 2.85. The molecule has 0 aliphatic carbocycles. The number of benzene rings is 2. The quantitative estimate of drug-likeness (QED) is 0.793. The summed E-state index contributed by atoms with van der Waals surface area (Å²) in [4.78, 5) is 12.3. The number of sulfonamides is 1. The van der Waals surface area contributed by atoms with Crippen LogP contribution in [0.2, 0.25) is 0 Å². The number of anilines is 1. The summed E-state index contributed by atoms with van der Waals surface area (Å²) < 4.78 is 30.6. The molecule has 0 bridgehead atoms. The van der Waals surface area contributed by atoms with E-state index in [1.54, 1.807) is 25.1 Å². The number of hydrogen-bond acceptors (Lipinski definition) is 4. The van der Waals surface area contributed by atoms with Crippen molar-refractivity contribution in [1.29, 1.82) is 0 Å². The minimum absolute atomic E-state index is 0.236. The van der Waals surface area contributed by atoms with Gasteiger partial charge in [-0.2, -0.15) is 0 Å². The molecule has 0 saturated carbocycles. The van der Waals surface area contributed by atoms with Gasteiger partial charge in [-0.15, -0.1) is 0 Å². The van der Waals surface area contributed by atoms with Gasteiger partial charge in [-0.05, 0) is 43.7 Å². The number of ether oxygens (including phenoxy) is 1. The summed E-state index contributed by atoms with van der Waals surface area (Å²) in [5.41, 5.74) is 2.49. The molecule has 7 heteroatoms. The van der Waals surface area contributed by atoms with E-state index in [1.807, 2.05) is 31.2 Å². The van der Waals surface area contributed by atoms with Gasteiger partial charge in [0, 0.05) is 17.7 Å². The van der Waals surface area contributed by atoms with Crippen molar-refractivity contribution in [2.45, 2.75) is 20.4 Å². The first-order chi connectivity index (χ1) is 11.8. The number of hydrogen-bond donors (Lipinski definition) is 2. The Bertz CT molecular complexity index is 863. The van der Waals surface area contributed by atoms with Gasteiger partial charge in [0.1, 0.15) is 5.75 Å². The summed E-state index contributed by atoms with van der Waals surface area (Å²) in [7, 11) is -3.35. The van der Waals surface area contributed by atoms with Gasteiger partial charge in [-0.1, -0.05) is 18.2 Å². The van der Waals surface area contributed by atoms with E-state index in [-0.39, 0.29) is 5.91 Å². The van der Waals surface area contributed by atoms with Crippen LogP contribution in [-0.4, -0.2) is 27.2 Å². The maximum Gasteiger partial charge on any atom is 0.251 e. The Kier molecular flexibility index (Phi) is 6.03. The highest BCUT2D eigenvalue weighted by atomic mass is 32.2. The largest absolute Gasteiger partial charge is 0.494 e. The molecule has 0 aliphatic rings. The Morgan fingerprint density at radius 3 is 2.52 bits per heavy atom. The van der Waals surface area contributed by atoms with Crippen LogP contribution < -0.4 is 14.8 Å². The first-order valence-electron chi connectivity index (χ1n) is 7.87. The lowest BCUT2D eigenvalue weighted by Crippen LogP contribution is -2.23. The summed E-state index contributed by atoms with van der Waals surface area (Å²) >= 11 is 0. The van der Waals surface area contributed by atoms with Crippen molar-refractivity contribution in [3.05, 3.63) is 59.2 Å². The van der Waals surface area contributed by atoms with E-state index < -0.39 is 10.0 Å². The molecule has 0 saturated heterocycles. The fraction of sp³-hybridized carbons (Fsp3) is 0.278. The summed E-state index contributed by atoms with van der Waals surface area (Å²) in [6, 6.07) is 12.4. The van der Waals surface area contributed by atoms with E-state index in [1.165, 1.54) is 0 Å². The highest BCUT2D eigenvalue weighted by molar-refractivity contribution is 7.92. The highest BCUT2D eigenvalue weighted by Gasteiger charge is 2.11. The predicted octanol–water partition coefficient (Wildman–Crippen LogP) is 2.70. The lowest BCUT2D eigenvalue weighted by molar-refractivity contribution is 0.0950. The molecular weight excluding hydrogens is 340 g/mol. The van der Waals surface area contributed by atoms with Crippen LogP contribution in [0.15, 0.2) is 42.5 Å². The van der Waals surface area contributed by atoms with E-state index in [4.69, 9.17) is 4.74 Å². The second-order valence-corrected chi connectivity index (χ2v) is 7.38. The fourth-order valence-corrected chi connectivity index (χ4v) is 2.97. The molecule has 6 nitrogen and oxygen atoms in total. The molecule has 2 aromatic carbocycles. The first-order valence-corrected chi connectivity index (χ1v) is 9.76. The molecule has 25 heavy (non-hydrogen) atoms. The molecule has 2 aromatic rings. The Labute approximate surface area is 148 Å². The molecular formula is C18H22N2O4S. The lowest BCUT2D eigenvalue weighted by atomic mass is 10.1. The molecule has 0 fully saturated rings. The zero-order valence-electron chi connectivity index (χ0n) is 14.5. The van der Waals surface area contributed by atoms with Crippen LogP contribution in [0.4, 0.5) is 5.69 Å². The van der Waals surface area contributed by atoms with Gasteiger partial charge in [0.05, 0.1) is 18.6 Å². The van der Waals surface area contributed by atoms with Gasteiger partial charge in [0.2, 0.25) is 10.0 Å². The van der Waals surface area contributed by atoms with Crippen molar-refractivity contribution in [3.8, 4) is 5.75 Å². The van der Waals surface area contributed by atoms with Crippen LogP contribution in [-0.2, 0) is 16.6 Å². The molecule has 134 valence electrons. The summed E-state index contributed by atoms with van der Waals surface area (Å²) in [5.74, 6) is 0.509. The first kappa shape index (κ1) is 18.8. The predicted molar refractivity (Wildman–Crippen MR) is 98.4 cm³/mol. The minimum Gasteiger partial charge on any atom is -0.494 e. The number of rotatable bonds is 7. The minimum atomic E-state index is -3.35. The van der Waals surface area contributed by atoms with Crippen LogP contribution in [0, 0.1) is 6.92 Å². The van der Waals surface area contributed by atoms with E-state index in [2.05, 4.69) is 10.0 Å². The molecule has 0 aromatic heterocycles. The number of para-hydroxylation sites is 1. The van der Waals surface area contributed by atoms with E-state index >= 15 is 0 Å². The van der Waals surface area contributed by atoms with Crippen molar-refractivity contribution in [1.82, 2.24) is 5.32 Å². The Balaban J connectivity index is 2.08. The summed E-state index contributed by atoms with van der Waals surface area (Å²) in [6.07, 6.45) is 1.09. The molecule has 0 radical (unpaired) electrons. The molecule has 0 spiro atoms. The zero-order chi connectivity index (χ0) is 18.4. The van der Waals surface area contributed by atoms with Gasteiger partial charge >= 0.3 is 0 Å². The summed E-state index contributed by atoms with van der Waals surface area (Å²) in [6.45, 7) is 4.55. The number of aryl methyl sites for hydroxylation is 1. The number of amides is 1. The maximum atomic E-state index is 12.3. The topological polar surface area (TPSA) is 84.5 Å². The third kappa shape index (κ3) is 5.49. The second kappa shape index (κ2) is 8.02. The van der Waals surface area contributed by atoms with Crippen LogP contribution >= 0.6 is 0 Å². The van der Waals surface area contributed by atoms with Gasteiger partial charge in [-0.25, -0.2) is 8.42 Å². The normalized spacial score (nSPS) is 11.0. The Morgan fingerprint density at radius 1 is 1.16 bits per heavy atom. The van der Waals surface area contributed by atoms with E-state index in [9.17, 15) is 13.2 Å². The van der Waals surface area contributed by atoms with Crippen molar-refractivity contribution >= 4 is 21.6 Å². The molecule has 0 aliphatic heterocycles. The SMILES string of the molecule is CCOc1ccccc1CNC(=O)c1ccc(NS(C)(=O)=O)c(C)c1. The molecule has 0 unspecified atom stereocenters. The molecule has 2 rings (SSSR count). The highest BCUT2D eigenvalue weighted by Crippen LogP contribution is 2.19. The van der Waals surface area contributed by atoms with Crippen molar-refractivity contribution < 1.29 is 17.9 Å². The number of nitrogens with one attached hydrogen (secondary N) is 2. The van der Waals surface area contributed by atoms with E-state index in [0.29, 0.717) is 30.0 Å². The zero-order valence-corrected chi connectivity index (χ0v) is 15.3. The Morgan fingerprint density at radius 2 is 1.88 bits per heavy atom. The van der Waals surface area contributed by atoms with Gasteiger partial charge in [0.25, 0.3) is 5.91 Å². The smallest absolute Gasteiger partial charge is 0.251 e. The average Bonchev–Trinajstić information content (AvgIpc) is 2.55. The van der Waals surface area contributed by atoms with E-state index in [0.717, 1.165) is 17.6 Å². The standard InChI is InChI=1S/C18H22N2O4S/c1-4-24-17-8-6-5-7-15(17)12-19-18(21)14-9-10-16(13(2)11-14)20-25(3,22)23/h5-11,20H,4,12H2,1-3H3,(H,19,21). The number of carbonyl (C=O) groups excluding carboxylic acids is 1. The van der Waals surface area contributed by atoms with Gasteiger partial charge in [-0.3, -0.25) is 9.52 Å². The van der Waals surface area contributed by atoms with Gasteiger partial charge < -0.3 is 10.1 Å². The second-order valence-electron chi connectivity index (χ2n) is 5.63. The number of carbonyl (C=O) groups is 1. The van der Waals surface area contributed by atoms with Crippen LogP contribution in [0.3, 0.4) is 0 Å². The third-order valence-corrected chi connectivity index (χ3v) is 4.09. The molecule has 2 N–H and O–H groups in total. The maximum absolute atomic E-state index is 12.3. The van der Waals surface area contributed by atoms with Crippen LogP contribution in [0.5, 0.6) is 5.75 Å². The van der Waals surface area contributed by atoms with Crippen LogP contribution in [0.25, 0.3) is 0 Å². The Hall–Kier alpha value is -2.54. The van der Waals surface area contributed by atoms with Crippen molar-refractivity contribution in [2.24, 2.45) is 0 Å². The average molecular weight is 362 g/mol.